The van der Waals surface area contributed by atoms with Crippen molar-refractivity contribution in [3.8, 4) is 5.75 Å². The Morgan fingerprint density at radius 3 is 2.33 bits per heavy atom. The summed E-state index contributed by atoms with van der Waals surface area (Å²) in [6, 6.07) is 7.78. The highest BCUT2D eigenvalue weighted by Crippen LogP contribution is 2.35. The SMILES string of the molecule is COC(=O)c1cc(NS(=O)(=O)c2ccc(OC)c(N3C(=O)CCC3=O)c2)ccc1Cl. The molecule has 0 aliphatic carbocycles. The Kier molecular flexibility index (Phi) is 5.99. The highest BCUT2D eigenvalue weighted by atomic mass is 35.5. The summed E-state index contributed by atoms with van der Waals surface area (Å²) in [7, 11) is -1.62. The van der Waals surface area contributed by atoms with Gasteiger partial charge < -0.3 is 9.47 Å². The third kappa shape index (κ3) is 4.10. The first kappa shape index (κ1) is 21.6. The molecule has 0 atom stereocenters. The van der Waals surface area contributed by atoms with E-state index in [1.165, 1.54) is 50.6 Å². The van der Waals surface area contributed by atoms with Crippen LogP contribution < -0.4 is 14.4 Å². The van der Waals surface area contributed by atoms with Crippen LogP contribution in [0.4, 0.5) is 11.4 Å². The van der Waals surface area contributed by atoms with E-state index in [0.29, 0.717) is 0 Å². The van der Waals surface area contributed by atoms with Gasteiger partial charge in [0.05, 0.1) is 35.4 Å². The summed E-state index contributed by atoms with van der Waals surface area (Å²) in [6.45, 7) is 0. The van der Waals surface area contributed by atoms with Crippen LogP contribution >= 0.6 is 11.6 Å². The van der Waals surface area contributed by atoms with E-state index in [9.17, 15) is 22.8 Å². The molecule has 3 rings (SSSR count). The summed E-state index contributed by atoms with van der Waals surface area (Å²) in [4.78, 5) is 36.7. The van der Waals surface area contributed by atoms with Gasteiger partial charge in [0.1, 0.15) is 5.75 Å². The second kappa shape index (κ2) is 8.33. The number of carbonyl (C=O) groups excluding carboxylic acids is 3. The third-order valence-electron chi connectivity index (χ3n) is 4.38. The number of hydrogen-bond acceptors (Lipinski definition) is 7. The third-order valence-corrected chi connectivity index (χ3v) is 6.09. The molecule has 0 radical (unpaired) electrons. The van der Waals surface area contributed by atoms with Crippen molar-refractivity contribution in [2.75, 3.05) is 23.8 Å². The molecule has 0 spiro atoms. The maximum Gasteiger partial charge on any atom is 0.339 e. The second-order valence-electron chi connectivity index (χ2n) is 6.25. The highest BCUT2D eigenvalue weighted by Gasteiger charge is 2.33. The van der Waals surface area contributed by atoms with Crippen LogP contribution in [0, 0.1) is 0 Å². The lowest BCUT2D eigenvalue weighted by molar-refractivity contribution is -0.121. The number of halogens is 1. The molecule has 2 amide bonds. The van der Waals surface area contributed by atoms with Crippen molar-refractivity contribution in [3.63, 3.8) is 0 Å². The van der Waals surface area contributed by atoms with Gasteiger partial charge in [0.15, 0.2) is 0 Å². The largest absolute Gasteiger partial charge is 0.495 e. The van der Waals surface area contributed by atoms with Crippen molar-refractivity contribution < 1.29 is 32.3 Å². The van der Waals surface area contributed by atoms with Crippen LogP contribution in [0.25, 0.3) is 0 Å². The summed E-state index contributed by atoms with van der Waals surface area (Å²) < 4.78 is 37.9. The van der Waals surface area contributed by atoms with Gasteiger partial charge >= 0.3 is 5.97 Å². The highest BCUT2D eigenvalue weighted by molar-refractivity contribution is 7.92. The first-order valence-corrected chi connectivity index (χ1v) is 10.5. The first-order valence-electron chi connectivity index (χ1n) is 8.62. The maximum atomic E-state index is 12.9. The first-order chi connectivity index (χ1) is 14.2. The zero-order chi connectivity index (χ0) is 22.1. The fraction of sp³-hybridized carbons (Fsp3) is 0.211. The maximum absolute atomic E-state index is 12.9. The number of anilines is 2. The number of sulfonamides is 1. The average Bonchev–Trinajstić information content (AvgIpc) is 3.06. The van der Waals surface area contributed by atoms with Crippen molar-refractivity contribution >= 4 is 50.8 Å². The molecule has 2 aromatic rings. The molecule has 1 aliphatic rings. The smallest absolute Gasteiger partial charge is 0.339 e. The van der Waals surface area contributed by atoms with Gasteiger partial charge in [-0.15, -0.1) is 0 Å². The Bertz CT molecular complexity index is 1130. The molecular weight excluding hydrogens is 436 g/mol. The van der Waals surface area contributed by atoms with E-state index in [4.69, 9.17) is 16.3 Å². The van der Waals surface area contributed by atoms with Gasteiger partial charge in [-0.25, -0.2) is 18.1 Å². The van der Waals surface area contributed by atoms with Crippen molar-refractivity contribution in [2.45, 2.75) is 17.7 Å². The van der Waals surface area contributed by atoms with Crippen LogP contribution in [-0.2, 0) is 24.3 Å². The number of amides is 2. The Balaban J connectivity index is 1.99. The van der Waals surface area contributed by atoms with Gasteiger partial charge in [-0.05, 0) is 36.4 Å². The molecule has 0 bridgehead atoms. The van der Waals surface area contributed by atoms with Gasteiger partial charge in [-0.3, -0.25) is 14.3 Å². The molecule has 1 saturated heterocycles. The van der Waals surface area contributed by atoms with Crippen LogP contribution in [0.15, 0.2) is 41.3 Å². The molecule has 158 valence electrons. The predicted molar refractivity (Wildman–Crippen MR) is 108 cm³/mol. The molecule has 1 fully saturated rings. The Morgan fingerprint density at radius 1 is 1.07 bits per heavy atom. The summed E-state index contributed by atoms with van der Waals surface area (Å²) in [6.07, 6.45) is 0.0800. The normalized spacial score (nSPS) is 14.0. The summed E-state index contributed by atoms with van der Waals surface area (Å²) in [5.74, 6) is -1.43. The molecule has 0 aromatic heterocycles. The minimum Gasteiger partial charge on any atom is -0.495 e. The minimum atomic E-state index is -4.14. The molecule has 0 saturated carbocycles. The summed E-state index contributed by atoms with van der Waals surface area (Å²) in [5.41, 5.74) is 0.104. The zero-order valence-electron chi connectivity index (χ0n) is 16.0. The lowest BCUT2D eigenvalue weighted by Gasteiger charge is -2.18. The molecular formula is C19H17ClN2O7S. The lowest BCUT2D eigenvalue weighted by Crippen LogP contribution is -2.29. The fourth-order valence-corrected chi connectivity index (χ4v) is 4.19. The lowest BCUT2D eigenvalue weighted by atomic mass is 10.2. The Morgan fingerprint density at radius 2 is 1.73 bits per heavy atom. The average molecular weight is 453 g/mol. The van der Waals surface area contributed by atoms with Crippen molar-refractivity contribution in [1.29, 1.82) is 0 Å². The molecule has 1 heterocycles. The van der Waals surface area contributed by atoms with E-state index in [1.807, 2.05) is 0 Å². The summed E-state index contributed by atoms with van der Waals surface area (Å²) >= 11 is 5.95. The molecule has 1 aliphatic heterocycles. The molecule has 1 N–H and O–H groups in total. The second-order valence-corrected chi connectivity index (χ2v) is 8.34. The van der Waals surface area contributed by atoms with Gasteiger partial charge in [0.2, 0.25) is 11.8 Å². The zero-order valence-corrected chi connectivity index (χ0v) is 17.5. The fourth-order valence-electron chi connectivity index (χ4n) is 2.93. The van der Waals surface area contributed by atoms with Gasteiger partial charge in [-0.1, -0.05) is 11.6 Å². The van der Waals surface area contributed by atoms with Crippen molar-refractivity contribution in [3.05, 3.63) is 47.0 Å². The molecule has 9 nitrogen and oxygen atoms in total. The van der Waals surface area contributed by atoms with Crippen LogP contribution in [-0.4, -0.2) is 40.4 Å². The van der Waals surface area contributed by atoms with E-state index < -0.39 is 27.8 Å². The minimum absolute atomic E-state index is 0.0111. The molecule has 11 heteroatoms. The van der Waals surface area contributed by atoms with Crippen molar-refractivity contribution in [2.24, 2.45) is 0 Å². The van der Waals surface area contributed by atoms with E-state index in [-0.39, 0.29) is 45.4 Å². The molecule has 30 heavy (non-hydrogen) atoms. The predicted octanol–water partition coefficient (Wildman–Crippen LogP) is 2.59. The Hall–Kier alpha value is -3.11. The van der Waals surface area contributed by atoms with E-state index in [0.717, 1.165) is 4.90 Å². The number of rotatable bonds is 6. The Labute approximate surface area is 177 Å². The van der Waals surface area contributed by atoms with Crippen molar-refractivity contribution in [1.82, 2.24) is 0 Å². The van der Waals surface area contributed by atoms with Crippen LogP contribution in [0.2, 0.25) is 5.02 Å². The van der Waals surface area contributed by atoms with E-state index in [1.54, 1.807) is 0 Å². The number of nitrogens with one attached hydrogen (secondary N) is 1. The van der Waals surface area contributed by atoms with E-state index >= 15 is 0 Å². The van der Waals surface area contributed by atoms with Crippen LogP contribution in [0.1, 0.15) is 23.2 Å². The molecule has 2 aromatic carbocycles. The number of nitrogens with zero attached hydrogens (tertiary/aromatic N) is 1. The monoisotopic (exact) mass is 452 g/mol. The van der Waals surface area contributed by atoms with Gasteiger partial charge in [0, 0.05) is 18.5 Å². The number of hydrogen-bond donors (Lipinski definition) is 1. The van der Waals surface area contributed by atoms with Gasteiger partial charge in [-0.2, -0.15) is 0 Å². The standard InChI is InChI=1S/C19H17ClN2O7S/c1-28-16-6-4-12(10-15(16)22-17(23)7-8-18(22)24)30(26,27)21-11-3-5-14(20)13(9-11)19(25)29-2/h3-6,9-10,21H,7-8H2,1-2H3. The number of benzene rings is 2. The number of imide groups is 1. The number of carbonyl (C=O) groups is 3. The summed E-state index contributed by atoms with van der Waals surface area (Å²) in [5, 5.41) is 0.0996. The topological polar surface area (TPSA) is 119 Å². The number of esters is 1. The van der Waals surface area contributed by atoms with Crippen LogP contribution in [0.5, 0.6) is 5.75 Å². The van der Waals surface area contributed by atoms with E-state index in [2.05, 4.69) is 9.46 Å². The van der Waals surface area contributed by atoms with Crippen LogP contribution in [0.3, 0.4) is 0 Å². The van der Waals surface area contributed by atoms with Gasteiger partial charge in [0.25, 0.3) is 10.0 Å². The number of ether oxygens (including phenoxy) is 2. The number of methoxy groups -OCH3 is 2. The quantitative estimate of drug-likeness (QED) is 0.528. The molecule has 0 unspecified atom stereocenters.